The SMILES string of the molecule is CN=C(NCC(C(C)C)N1CCOCC1)NC1CCN(C(=O)C2CCCCC2)C1. The van der Waals surface area contributed by atoms with Gasteiger partial charge >= 0.3 is 0 Å². The summed E-state index contributed by atoms with van der Waals surface area (Å²) in [5.41, 5.74) is 0. The number of likely N-dealkylation sites (tertiary alicyclic amines) is 1. The van der Waals surface area contributed by atoms with E-state index in [4.69, 9.17) is 4.74 Å². The van der Waals surface area contributed by atoms with E-state index in [0.717, 1.165) is 71.2 Å². The Kier molecular flexibility index (Phi) is 8.60. The van der Waals surface area contributed by atoms with Crippen LogP contribution in [0.15, 0.2) is 4.99 Å². The molecule has 3 rings (SSSR count). The van der Waals surface area contributed by atoms with Crippen molar-refractivity contribution in [3.05, 3.63) is 0 Å². The van der Waals surface area contributed by atoms with E-state index < -0.39 is 0 Å². The van der Waals surface area contributed by atoms with Gasteiger partial charge in [-0.3, -0.25) is 14.7 Å². The lowest BCUT2D eigenvalue weighted by Gasteiger charge is -2.37. The lowest BCUT2D eigenvalue weighted by Crippen LogP contribution is -2.53. The third-order valence-electron chi connectivity index (χ3n) is 6.78. The molecular formula is C22H41N5O2. The molecule has 7 nitrogen and oxygen atoms in total. The van der Waals surface area contributed by atoms with Crippen molar-refractivity contribution in [2.24, 2.45) is 16.8 Å². The minimum absolute atomic E-state index is 0.264. The first-order valence-electron chi connectivity index (χ1n) is 11.7. The molecule has 3 aliphatic rings. The topological polar surface area (TPSA) is 69.2 Å². The van der Waals surface area contributed by atoms with Gasteiger partial charge in [-0.2, -0.15) is 0 Å². The van der Waals surface area contributed by atoms with Crippen molar-refractivity contribution in [2.75, 3.05) is 53.0 Å². The monoisotopic (exact) mass is 407 g/mol. The Labute approximate surface area is 176 Å². The van der Waals surface area contributed by atoms with Crippen LogP contribution in [0, 0.1) is 11.8 Å². The number of morpholine rings is 1. The summed E-state index contributed by atoms with van der Waals surface area (Å²) in [6.07, 6.45) is 6.86. The Morgan fingerprint density at radius 3 is 2.48 bits per heavy atom. The Morgan fingerprint density at radius 2 is 1.83 bits per heavy atom. The van der Waals surface area contributed by atoms with Gasteiger partial charge in [-0.05, 0) is 25.2 Å². The molecule has 3 fully saturated rings. The summed E-state index contributed by atoms with van der Waals surface area (Å²) in [6.45, 7) is 10.7. The number of amides is 1. The van der Waals surface area contributed by atoms with E-state index in [9.17, 15) is 4.79 Å². The molecule has 0 aromatic carbocycles. The Balaban J connectivity index is 1.45. The lowest BCUT2D eigenvalue weighted by atomic mass is 9.88. The second-order valence-corrected chi connectivity index (χ2v) is 9.16. The first kappa shape index (κ1) is 22.3. The van der Waals surface area contributed by atoms with Gasteiger partial charge in [0.2, 0.25) is 5.91 Å². The molecule has 2 heterocycles. The van der Waals surface area contributed by atoms with Crippen molar-refractivity contribution in [3.63, 3.8) is 0 Å². The fourth-order valence-electron chi connectivity index (χ4n) is 4.97. The quantitative estimate of drug-likeness (QED) is 0.518. The average molecular weight is 408 g/mol. The molecule has 1 saturated carbocycles. The second-order valence-electron chi connectivity index (χ2n) is 9.16. The molecule has 7 heteroatoms. The van der Waals surface area contributed by atoms with E-state index in [0.29, 0.717) is 17.9 Å². The summed E-state index contributed by atoms with van der Waals surface area (Å²) in [4.78, 5) is 21.8. The molecule has 1 amide bonds. The van der Waals surface area contributed by atoms with Gasteiger partial charge in [0.05, 0.1) is 13.2 Å². The van der Waals surface area contributed by atoms with Crippen LogP contribution in [0.2, 0.25) is 0 Å². The maximum absolute atomic E-state index is 12.8. The van der Waals surface area contributed by atoms with Gasteiger partial charge in [-0.1, -0.05) is 33.1 Å². The average Bonchev–Trinajstić information content (AvgIpc) is 3.22. The molecule has 2 saturated heterocycles. The highest BCUT2D eigenvalue weighted by molar-refractivity contribution is 5.81. The number of hydrogen-bond donors (Lipinski definition) is 2. The first-order chi connectivity index (χ1) is 14.1. The number of guanidine groups is 1. The van der Waals surface area contributed by atoms with Crippen LogP contribution >= 0.6 is 0 Å². The fraction of sp³-hybridized carbons (Fsp3) is 0.909. The van der Waals surface area contributed by atoms with E-state index in [1.807, 2.05) is 7.05 Å². The smallest absolute Gasteiger partial charge is 0.225 e. The third-order valence-corrected chi connectivity index (χ3v) is 6.78. The van der Waals surface area contributed by atoms with Crippen molar-refractivity contribution in [2.45, 2.75) is 64.5 Å². The van der Waals surface area contributed by atoms with Gasteiger partial charge in [0.1, 0.15) is 0 Å². The molecule has 1 aliphatic carbocycles. The summed E-state index contributed by atoms with van der Waals surface area (Å²) in [5, 5.41) is 7.09. The number of carbonyl (C=O) groups excluding carboxylic acids is 1. The summed E-state index contributed by atoms with van der Waals surface area (Å²) >= 11 is 0. The lowest BCUT2D eigenvalue weighted by molar-refractivity contribution is -0.135. The molecule has 0 aromatic rings. The zero-order valence-corrected chi connectivity index (χ0v) is 18.7. The predicted molar refractivity (Wildman–Crippen MR) is 117 cm³/mol. The molecule has 0 spiro atoms. The molecule has 166 valence electrons. The second kappa shape index (κ2) is 11.2. The normalized spacial score (nSPS) is 26.0. The van der Waals surface area contributed by atoms with Gasteiger partial charge in [0, 0.05) is 57.8 Å². The number of aliphatic imine (C=N–C) groups is 1. The van der Waals surface area contributed by atoms with E-state index in [1.165, 1.54) is 19.3 Å². The van der Waals surface area contributed by atoms with Crippen molar-refractivity contribution in [1.82, 2.24) is 20.4 Å². The first-order valence-corrected chi connectivity index (χ1v) is 11.7. The minimum Gasteiger partial charge on any atom is -0.379 e. The third kappa shape index (κ3) is 6.32. The summed E-state index contributed by atoms with van der Waals surface area (Å²) in [6, 6.07) is 0.750. The van der Waals surface area contributed by atoms with Crippen LogP contribution in [-0.4, -0.2) is 86.7 Å². The Hall–Kier alpha value is -1.34. The van der Waals surface area contributed by atoms with E-state index in [2.05, 4.69) is 39.3 Å². The molecule has 0 aromatic heterocycles. The summed E-state index contributed by atoms with van der Waals surface area (Å²) < 4.78 is 5.51. The van der Waals surface area contributed by atoms with Crippen molar-refractivity contribution in [1.29, 1.82) is 0 Å². The van der Waals surface area contributed by atoms with Crippen molar-refractivity contribution in [3.8, 4) is 0 Å². The van der Waals surface area contributed by atoms with Gasteiger partial charge in [-0.25, -0.2) is 0 Å². The van der Waals surface area contributed by atoms with Gasteiger partial charge in [0.25, 0.3) is 0 Å². The fourth-order valence-corrected chi connectivity index (χ4v) is 4.97. The van der Waals surface area contributed by atoms with Crippen LogP contribution in [0.5, 0.6) is 0 Å². The minimum atomic E-state index is 0.264. The maximum atomic E-state index is 12.8. The van der Waals surface area contributed by atoms with Gasteiger partial charge in [0.15, 0.2) is 5.96 Å². The molecular weight excluding hydrogens is 366 g/mol. The molecule has 2 unspecified atom stereocenters. The molecule has 2 N–H and O–H groups in total. The van der Waals surface area contributed by atoms with Crippen LogP contribution in [0.4, 0.5) is 0 Å². The van der Waals surface area contributed by atoms with Crippen LogP contribution in [0.1, 0.15) is 52.4 Å². The van der Waals surface area contributed by atoms with E-state index in [-0.39, 0.29) is 12.0 Å². The van der Waals surface area contributed by atoms with Crippen molar-refractivity contribution < 1.29 is 9.53 Å². The molecule has 29 heavy (non-hydrogen) atoms. The number of hydrogen-bond acceptors (Lipinski definition) is 4. The number of carbonyl (C=O) groups is 1. The predicted octanol–water partition coefficient (Wildman–Crippen LogP) is 1.69. The highest BCUT2D eigenvalue weighted by Crippen LogP contribution is 2.26. The standard InChI is InChI=1S/C22H41N5O2/c1-17(2)20(26-11-13-29-14-12-26)15-24-22(23-3)25-19-9-10-27(16-19)21(28)18-7-5-4-6-8-18/h17-20H,4-16H2,1-3H3,(H2,23,24,25). The Bertz CT molecular complexity index is 541. The highest BCUT2D eigenvalue weighted by atomic mass is 16.5. The van der Waals surface area contributed by atoms with Crippen LogP contribution < -0.4 is 10.6 Å². The number of ether oxygens (including phenoxy) is 1. The van der Waals surface area contributed by atoms with Crippen molar-refractivity contribution >= 4 is 11.9 Å². The van der Waals surface area contributed by atoms with Crippen LogP contribution in [0.25, 0.3) is 0 Å². The number of nitrogens with zero attached hydrogens (tertiary/aromatic N) is 3. The molecule has 2 atom stereocenters. The maximum Gasteiger partial charge on any atom is 0.225 e. The summed E-state index contributed by atoms with van der Waals surface area (Å²) in [5.74, 6) is 2.05. The van der Waals surface area contributed by atoms with Crippen LogP contribution in [0.3, 0.4) is 0 Å². The molecule has 2 aliphatic heterocycles. The highest BCUT2D eigenvalue weighted by Gasteiger charge is 2.32. The Morgan fingerprint density at radius 1 is 1.10 bits per heavy atom. The van der Waals surface area contributed by atoms with Crippen LogP contribution in [-0.2, 0) is 9.53 Å². The largest absolute Gasteiger partial charge is 0.379 e. The zero-order valence-electron chi connectivity index (χ0n) is 18.7. The van der Waals surface area contributed by atoms with E-state index >= 15 is 0 Å². The molecule has 0 radical (unpaired) electrons. The number of rotatable bonds is 6. The van der Waals surface area contributed by atoms with E-state index in [1.54, 1.807) is 0 Å². The molecule has 0 bridgehead atoms. The van der Waals surface area contributed by atoms with Gasteiger partial charge in [-0.15, -0.1) is 0 Å². The van der Waals surface area contributed by atoms with Gasteiger partial charge < -0.3 is 20.3 Å². The number of nitrogens with one attached hydrogen (secondary N) is 2. The zero-order chi connectivity index (χ0) is 20.6. The summed E-state index contributed by atoms with van der Waals surface area (Å²) in [7, 11) is 1.83.